The van der Waals surface area contributed by atoms with Crippen LogP contribution in [0.4, 0.5) is 0 Å². The van der Waals surface area contributed by atoms with Gasteiger partial charge in [-0.2, -0.15) is 0 Å². The molecule has 1 rings (SSSR count). The standard InChI is InChI=1S/C8H16N2O2/c1-12-6-2-5-10-7(11)8(9)3-4-8/h2-6,9H2,1H3,(H,10,11). The van der Waals surface area contributed by atoms with Crippen molar-refractivity contribution in [1.29, 1.82) is 0 Å². The van der Waals surface area contributed by atoms with Crippen LogP contribution in [0.15, 0.2) is 0 Å². The van der Waals surface area contributed by atoms with Crippen LogP contribution >= 0.6 is 0 Å². The van der Waals surface area contributed by atoms with Crippen molar-refractivity contribution < 1.29 is 9.53 Å². The molecule has 0 aliphatic heterocycles. The van der Waals surface area contributed by atoms with Crippen molar-refractivity contribution in [2.75, 3.05) is 20.3 Å². The maximum Gasteiger partial charge on any atom is 0.240 e. The molecule has 12 heavy (non-hydrogen) atoms. The Bertz CT molecular complexity index is 166. The lowest BCUT2D eigenvalue weighted by atomic mass is 10.2. The molecule has 70 valence electrons. The van der Waals surface area contributed by atoms with Crippen LogP contribution in [-0.4, -0.2) is 31.7 Å². The molecule has 0 aromatic rings. The van der Waals surface area contributed by atoms with Gasteiger partial charge in [-0.15, -0.1) is 0 Å². The van der Waals surface area contributed by atoms with Gasteiger partial charge in [0.15, 0.2) is 0 Å². The molecule has 0 saturated heterocycles. The molecule has 0 bridgehead atoms. The maximum atomic E-state index is 11.2. The van der Waals surface area contributed by atoms with Gasteiger partial charge in [0.2, 0.25) is 5.91 Å². The largest absolute Gasteiger partial charge is 0.385 e. The summed E-state index contributed by atoms with van der Waals surface area (Å²) in [5.41, 5.74) is 5.13. The highest BCUT2D eigenvalue weighted by molar-refractivity contribution is 5.88. The number of carbonyl (C=O) groups excluding carboxylic acids is 1. The van der Waals surface area contributed by atoms with Crippen LogP contribution in [0.5, 0.6) is 0 Å². The fourth-order valence-corrected chi connectivity index (χ4v) is 0.956. The van der Waals surface area contributed by atoms with Crippen molar-refractivity contribution >= 4 is 5.91 Å². The van der Waals surface area contributed by atoms with E-state index in [0.29, 0.717) is 13.2 Å². The average molecular weight is 172 g/mol. The second-order valence-electron chi connectivity index (χ2n) is 3.26. The molecule has 0 aromatic heterocycles. The Morgan fingerprint density at radius 1 is 1.67 bits per heavy atom. The van der Waals surface area contributed by atoms with Crippen LogP contribution in [-0.2, 0) is 9.53 Å². The van der Waals surface area contributed by atoms with Gasteiger partial charge in [0.25, 0.3) is 0 Å². The Morgan fingerprint density at radius 3 is 2.83 bits per heavy atom. The predicted molar refractivity (Wildman–Crippen MR) is 45.7 cm³/mol. The van der Waals surface area contributed by atoms with E-state index in [-0.39, 0.29) is 5.91 Å². The molecular weight excluding hydrogens is 156 g/mol. The van der Waals surface area contributed by atoms with E-state index >= 15 is 0 Å². The van der Waals surface area contributed by atoms with E-state index in [1.165, 1.54) is 0 Å². The summed E-state index contributed by atoms with van der Waals surface area (Å²) in [6.45, 7) is 1.34. The van der Waals surface area contributed by atoms with Crippen LogP contribution in [0.25, 0.3) is 0 Å². The molecule has 1 saturated carbocycles. The van der Waals surface area contributed by atoms with Crippen LogP contribution < -0.4 is 11.1 Å². The first kappa shape index (κ1) is 9.48. The number of hydrogen-bond acceptors (Lipinski definition) is 3. The summed E-state index contributed by atoms with van der Waals surface area (Å²) < 4.78 is 4.84. The van der Waals surface area contributed by atoms with Crippen molar-refractivity contribution in [3.05, 3.63) is 0 Å². The SMILES string of the molecule is COCCCNC(=O)C1(N)CC1. The molecule has 4 nitrogen and oxygen atoms in total. The first-order valence-electron chi connectivity index (χ1n) is 4.25. The highest BCUT2D eigenvalue weighted by atomic mass is 16.5. The predicted octanol–water partition coefficient (Wildman–Crippen LogP) is -0.370. The number of nitrogens with two attached hydrogens (primary N) is 1. The number of ether oxygens (including phenoxy) is 1. The summed E-state index contributed by atoms with van der Waals surface area (Å²) in [5, 5.41) is 2.78. The van der Waals surface area contributed by atoms with E-state index in [9.17, 15) is 4.79 Å². The Morgan fingerprint density at radius 2 is 2.33 bits per heavy atom. The smallest absolute Gasteiger partial charge is 0.240 e. The van der Waals surface area contributed by atoms with Crippen molar-refractivity contribution in [2.45, 2.75) is 24.8 Å². The number of carbonyl (C=O) groups is 1. The average Bonchev–Trinajstić information content (AvgIpc) is 2.78. The van der Waals surface area contributed by atoms with E-state index in [1.807, 2.05) is 0 Å². The van der Waals surface area contributed by atoms with Gasteiger partial charge in [0, 0.05) is 20.3 Å². The third kappa shape index (κ3) is 2.46. The number of rotatable bonds is 5. The number of nitrogens with one attached hydrogen (secondary N) is 1. The molecule has 0 aromatic carbocycles. The van der Waals surface area contributed by atoms with Crippen LogP contribution in [0.2, 0.25) is 0 Å². The molecule has 0 spiro atoms. The van der Waals surface area contributed by atoms with Gasteiger partial charge >= 0.3 is 0 Å². The molecule has 0 unspecified atom stereocenters. The van der Waals surface area contributed by atoms with Gasteiger partial charge in [-0.05, 0) is 19.3 Å². The zero-order chi connectivity index (χ0) is 9.03. The third-order valence-electron chi connectivity index (χ3n) is 2.05. The molecule has 1 fully saturated rings. The number of hydrogen-bond donors (Lipinski definition) is 2. The second-order valence-corrected chi connectivity index (χ2v) is 3.26. The summed E-state index contributed by atoms with van der Waals surface area (Å²) in [6.07, 6.45) is 2.49. The molecule has 0 heterocycles. The van der Waals surface area contributed by atoms with Gasteiger partial charge in [0.1, 0.15) is 0 Å². The van der Waals surface area contributed by atoms with Crippen LogP contribution in [0.1, 0.15) is 19.3 Å². The molecule has 1 aliphatic carbocycles. The minimum atomic E-state index is -0.535. The van der Waals surface area contributed by atoms with E-state index in [1.54, 1.807) is 7.11 Å². The van der Waals surface area contributed by atoms with Crippen LogP contribution in [0, 0.1) is 0 Å². The summed E-state index contributed by atoms with van der Waals surface area (Å²) in [7, 11) is 1.65. The van der Waals surface area contributed by atoms with Gasteiger partial charge in [-0.3, -0.25) is 4.79 Å². The summed E-state index contributed by atoms with van der Waals surface area (Å²) in [6, 6.07) is 0. The topological polar surface area (TPSA) is 64.3 Å². The van der Waals surface area contributed by atoms with Crippen molar-refractivity contribution in [1.82, 2.24) is 5.32 Å². The van der Waals surface area contributed by atoms with Crippen molar-refractivity contribution in [3.63, 3.8) is 0 Å². The first-order valence-corrected chi connectivity index (χ1v) is 4.25. The maximum absolute atomic E-state index is 11.2. The summed E-state index contributed by atoms with van der Waals surface area (Å²) in [4.78, 5) is 11.2. The van der Waals surface area contributed by atoms with Gasteiger partial charge in [0.05, 0.1) is 5.54 Å². The summed E-state index contributed by atoms with van der Waals surface area (Å²) >= 11 is 0. The van der Waals surface area contributed by atoms with Gasteiger partial charge in [-0.1, -0.05) is 0 Å². The molecule has 1 amide bonds. The van der Waals surface area contributed by atoms with Crippen molar-refractivity contribution in [2.24, 2.45) is 5.73 Å². The number of methoxy groups -OCH3 is 1. The molecule has 0 atom stereocenters. The third-order valence-corrected chi connectivity index (χ3v) is 2.05. The summed E-state index contributed by atoms with van der Waals surface area (Å²) in [5.74, 6) is -0.0152. The second kappa shape index (κ2) is 3.87. The minimum Gasteiger partial charge on any atom is -0.385 e. The van der Waals surface area contributed by atoms with Crippen LogP contribution in [0.3, 0.4) is 0 Å². The lowest BCUT2D eigenvalue weighted by Crippen LogP contribution is -2.43. The Labute approximate surface area is 72.5 Å². The van der Waals surface area contributed by atoms with E-state index < -0.39 is 5.54 Å². The van der Waals surface area contributed by atoms with E-state index in [4.69, 9.17) is 10.5 Å². The van der Waals surface area contributed by atoms with Crippen molar-refractivity contribution in [3.8, 4) is 0 Å². The fourth-order valence-electron chi connectivity index (χ4n) is 0.956. The van der Waals surface area contributed by atoms with Gasteiger partial charge < -0.3 is 15.8 Å². The van der Waals surface area contributed by atoms with E-state index in [2.05, 4.69) is 5.32 Å². The Kier molecular flexibility index (Phi) is 3.05. The quantitative estimate of drug-likeness (QED) is 0.556. The molecule has 1 aliphatic rings. The lowest BCUT2D eigenvalue weighted by Gasteiger charge is -2.08. The first-order chi connectivity index (χ1) is 5.69. The lowest BCUT2D eigenvalue weighted by molar-refractivity contribution is -0.123. The number of amides is 1. The fraction of sp³-hybridized carbons (Fsp3) is 0.875. The Hall–Kier alpha value is -0.610. The molecule has 3 N–H and O–H groups in total. The Balaban J connectivity index is 2.03. The zero-order valence-corrected chi connectivity index (χ0v) is 7.43. The zero-order valence-electron chi connectivity index (χ0n) is 7.43. The molecule has 0 radical (unpaired) electrons. The highest BCUT2D eigenvalue weighted by Gasteiger charge is 2.45. The monoisotopic (exact) mass is 172 g/mol. The van der Waals surface area contributed by atoms with E-state index in [0.717, 1.165) is 19.3 Å². The normalized spacial score (nSPS) is 18.8. The molecule has 4 heteroatoms. The highest BCUT2D eigenvalue weighted by Crippen LogP contribution is 2.31. The molecular formula is C8H16N2O2. The minimum absolute atomic E-state index is 0.0152. The van der Waals surface area contributed by atoms with Gasteiger partial charge in [-0.25, -0.2) is 0 Å².